The van der Waals surface area contributed by atoms with Crippen molar-refractivity contribution >= 4 is 105 Å². The number of hydrogen-bond donors (Lipinski definition) is 19. The Hall–Kier alpha value is -7.56. The molecule has 0 spiro atoms. The highest BCUT2D eigenvalue weighted by atomic mass is 33.1. The van der Waals surface area contributed by atoms with E-state index in [0.29, 0.717) is 0 Å². The SMILES string of the molecule is CC(=O)N[C@H](CSSC[C@H](N)C(=O)O)C(=O)N[C@H](C)C(=O)N[C@H](CCCN=C(N)N)C(=O)N[C@H](CCCN=C(N)N)C(=O)N[C@H](CCCN=C(N)N)C(=O)N[C@H](C)C(=O)N[C@H](C)C(=O)N[C@H](CCCN=C(N)N)C(N)=O. The van der Waals surface area contributed by atoms with Crippen molar-refractivity contribution in [2.75, 3.05) is 37.7 Å². The van der Waals surface area contributed by atoms with Crippen LogP contribution >= 0.6 is 21.6 Å². The quantitative estimate of drug-likeness (QED) is 0.0118. The van der Waals surface area contributed by atoms with E-state index >= 15 is 0 Å². The largest absolute Gasteiger partial charge is 0.480 e. The summed E-state index contributed by atoms with van der Waals surface area (Å²) < 4.78 is 0. The Bertz CT molecular complexity index is 2080. The molecule has 76 heavy (non-hydrogen) atoms. The van der Waals surface area contributed by atoms with Crippen LogP contribution in [0.2, 0.25) is 0 Å². The van der Waals surface area contributed by atoms with E-state index in [0.717, 1.165) is 21.6 Å². The van der Waals surface area contributed by atoms with Gasteiger partial charge in [0.15, 0.2) is 23.8 Å². The average Bonchev–Trinajstić information content (AvgIpc) is 3.32. The minimum absolute atomic E-state index is 0.00145. The van der Waals surface area contributed by atoms with Gasteiger partial charge in [-0.05, 0) is 72.1 Å². The fourth-order valence-electron chi connectivity index (χ4n) is 6.14. The van der Waals surface area contributed by atoms with E-state index in [9.17, 15) is 47.9 Å². The van der Waals surface area contributed by atoms with Crippen LogP contribution in [-0.4, -0.2) is 180 Å². The van der Waals surface area contributed by atoms with Crippen molar-refractivity contribution in [2.45, 2.75) is 133 Å². The first-order chi connectivity index (χ1) is 35.5. The van der Waals surface area contributed by atoms with Crippen LogP contribution in [0.25, 0.3) is 0 Å². The number of guanidine groups is 4. The summed E-state index contributed by atoms with van der Waals surface area (Å²) in [5, 5.41) is 29.1. The van der Waals surface area contributed by atoms with Gasteiger partial charge in [-0.15, -0.1) is 0 Å². The van der Waals surface area contributed by atoms with Gasteiger partial charge < -0.3 is 105 Å². The first-order valence-corrected chi connectivity index (χ1v) is 26.2. The van der Waals surface area contributed by atoms with Crippen molar-refractivity contribution in [2.24, 2.45) is 77.3 Å². The van der Waals surface area contributed by atoms with E-state index < -0.39 is 114 Å². The lowest BCUT2D eigenvalue weighted by molar-refractivity contribution is -0.138. The molecule has 29 N–H and O–H groups in total. The number of aliphatic carboxylic acids is 1. The highest BCUT2D eigenvalue weighted by Crippen LogP contribution is 2.23. The molecular weight excluding hydrogens is 1040 g/mol. The predicted molar refractivity (Wildman–Crippen MR) is 288 cm³/mol. The van der Waals surface area contributed by atoms with Crippen LogP contribution in [0.15, 0.2) is 20.0 Å². The Balaban J connectivity index is 6.52. The lowest BCUT2D eigenvalue weighted by Crippen LogP contribution is -2.59. The molecule has 0 aromatic rings. The molecule has 33 nitrogen and oxygen atoms in total. The minimum Gasteiger partial charge on any atom is -0.480 e. The van der Waals surface area contributed by atoms with Gasteiger partial charge in [-0.3, -0.25) is 67.9 Å². The molecule has 0 saturated carbocycles. The summed E-state index contributed by atoms with van der Waals surface area (Å²) in [6.45, 7) is 5.29. The Morgan fingerprint density at radius 2 is 0.684 bits per heavy atom. The summed E-state index contributed by atoms with van der Waals surface area (Å²) in [5.74, 6) is -9.54. The maximum atomic E-state index is 14.2. The molecular formula is C41H78N22O11S2. The molecule has 0 aliphatic heterocycles. The van der Waals surface area contributed by atoms with Crippen molar-refractivity contribution in [3.05, 3.63) is 0 Å². The first-order valence-electron chi connectivity index (χ1n) is 23.7. The van der Waals surface area contributed by atoms with Gasteiger partial charge >= 0.3 is 5.97 Å². The van der Waals surface area contributed by atoms with E-state index in [2.05, 4.69) is 62.5 Å². The molecule has 0 radical (unpaired) electrons. The molecule has 0 heterocycles. The number of nitrogens with two attached hydrogens (primary N) is 10. The molecule has 9 atom stereocenters. The summed E-state index contributed by atoms with van der Waals surface area (Å²) in [6, 6.07) is -11.6. The van der Waals surface area contributed by atoms with Gasteiger partial charge in [0.2, 0.25) is 53.2 Å². The maximum Gasteiger partial charge on any atom is 0.321 e. The molecule has 0 aliphatic rings. The summed E-state index contributed by atoms with van der Waals surface area (Å²) in [5.41, 5.74) is 54.4. The van der Waals surface area contributed by atoms with Crippen LogP contribution in [-0.2, 0) is 47.9 Å². The summed E-state index contributed by atoms with van der Waals surface area (Å²) in [4.78, 5) is 146. The summed E-state index contributed by atoms with van der Waals surface area (Å²) in [6.07, 6.45) is 0.353. The monoisotopic (exact) mass is 1120 g/mol. The number of carbonyl (C=O) groups is 10. The molecule has 9 amide bonds. The van der Waals surface area contributed by atoms with Crippen LogP contribution in [0.3, 0.4) is 0 Å². The number of carboxylic acids is 1. The van der Waals surface area contributed by atoms with E-state index in [4.69, 9.17) is 62.4 Å². The molecule has 0 bridgehead atoms. The van der Waals surface area contributed by atoms with Crippen molar-refractivity contribution in [1.82, 2.24) is 42.5 Å². The molecule has 0 saturated heterocycles. The smallest absolute Gasteiger partial charge is 0.321 e. The Labute approximate surface area is 447 Å². The fraction of sp³-hybridized carbons (Fsp3) is 0.659. The van der Waals surface area contributed by atoms with Gasteiger partial charge in [0.05, 0.1) is 0 Å². The molecule has 0 aliphatic carbocycles. The van der Waals surface area contributed by atoms with Gasteiger partial charge in [0, 0.05) is 44.6 Å². The zero-order valence-electron chi connectivity index (χ0n) is 43.0. The third-order valence-electron chi connectivity index (χ3n) is 10.2. The topological polar surface area (TPSA) is 597 Å². The second-order valence-corrected chi connectivity index (χ2v) is 19.5. The van der Waals surface area contributed by atoms with E-state index in [1.54, 1.807) is 0 Å². The highest BCUT2D eigenvalue weighted by Gasteiger charge is 2.33. The van der Waals surface area contributed by atoms with Gasteiger partial charge in [-0.25, -0.2) is 0 Å². The number of nitrogens with one attached hydrogen (secondary N) is 8. The molecule has 0 aromatic carbocycles. The molecule has 0 rings (SSSR count). The number of hydrogen-bond acceptors (Lipinski definition) is 17. The normalized spacial score (nSPS) is 14.2. The van der Waals surface area contributed by atoms with Gasteiger partial charge in [0.1, 0.15) is 54.4 Å². The van der Waals surface area contributed by atoms with E-state index in [1.165, 1.54) is 27.7 Å². The first kappa shape index (κ1) is 68.4. The van der Waals surface area contributed by atoms with E-state index in [1.807, 2.05) is 0 Å². The number of carboxylic acid groups (broad SMARTS) is 1. The molecule has 430 valence electrons. The van der Waals surface area contributed by atoms with Crippen molar-refractivity contribution in [3.63, 3.8) is 0 Å². The minimum atomic E-state index is -1.43. The molecule has 0 unspecified atom stereocenters. The fourth-order valence-corrected chi connectivity index (χ4v) is 8.42. The third-order valence-corrected chi connectivity index (χ3v) is 12.6. The summed E-state index contributed by atoms with van der Waals surface area (Å²) in [7, 11) is 2.11. The Morgan fingerprint density at radius 1 is 0.408 bits per heavy atom. The second kappa shape index (κ2) is 37.2. The summed E-state index contributed by atoms with van der Waals surface area (Å²) >= 11 is 0. The number of rotatable bonds is 38. The number of carbonyl (C=O) groups excluding carboxylic acids is 9. The standard InChI is InChI=1S/C41H78N22O11S2/c1-19(30(66)56-20(2)31(67)60-24(29(43)65)9-5-13-52-38(44)45)57-33(69)25(10-6-14-53-39(46)47)62-35(71)27(12-8-16-55-41(50)51)63-34(70)26(11-7-15-54-40(48)49)61-32(68)21(3)58-36(72)28(59-22(4)64)18-76-75-17-23(42)37(73)74/h19-21,23-28H,5-18,42H2,1-4H3,(H2,43,65)(H,56,66)(H,57,69)(H,58,72)(H,59,64)(H,60,67)(H,61,68)(H,62,71)(H,63,70)(H,73,74)(H4,44,45,52)(H4,46,47,53)(H4,48,49,54)(H4,50,51,55)/t19-,20-,21-,23+,24-,25-,26-,27-,28-/m1/s1. The zero-order chi connectivity index (χ0) is 58.1. The Kier molecular flexibility index (Phi) is 33.5. The number of primary amides is 1. The van der Waals surface area contributed by atoms with Crippen LogP contribution in [0.4, 0.5) is 0 Å². The van der Waals surface area contributed by atoms with Crippen LogP contribution in [0.5, 0.6) is 0 Å². The average molecular weight is 1120 g/mol. The van der Waals surface area contributed by atoms with E-state index in [-0.39, 0.29) is 113 Å². The van der Waals surface area contributed by atoms with Crippen molar-refractivity contribution in [1.29, 1.82) is 0 Å². The van der Waals surface area contributed by atoms with Crippen LogP contribution in [0, 0.1) is 0 Å². The number of nitrogens with zero attached hydrogens (tertiary/aromatic N) is 4. The van der Waals surface area contributed by atoms with Gasteiger partial charge in [-0.2, -0.15) is 0 Å². The van der Waals surface area contributed by atoms with Crippen molar-refractivity contribution < 1.29 is 53.1 Å². The maximum absolute atomic E-state index is 14.2. The number of amides is 9. The van der Waals surface area contributed by atoms with Gasteiger partial charge in [0.25, 0.3) is 0 Å². The van der Waals surface area contributed by atoms with Crippen molar-refractivity contribution in [3.8, 4) is 0 Å². The van der Waals surface area contributed by atoms with Gasteiger partial charge in [-0.1, -0.05) is 21.6 Å². The number of aliphatic imine (C=N–C) groups is 4. The lowest BCUT2D eigenvalue weighted by Gasteiger charge is -2.27. The molecule has 0 fully saturated rings. The van der Waals surface area contributed by atoms with Crippen LogP contribution in [0.1, 0.15) is 79.1 Å². The second-order valence-electron chi connectivity index (χ2n) is 16.9. The van der Waals surface area contributed by atoms with Crippen LogP contribution < -0.4 is 99.9 Å². The lowest BCUT2D eigenvalue weighted by atomic mass is 10.0. The molecule has 0 aromatic heterocycles. The third kappa shape index (κ3) is 31.2. The zero-order valence-corrected chi connectivity index (χ0v) is 44.6. The Morgan fingerprint density at radius 3 is 1.01 bits per heavy atom. The highest BCUT2D eigenvalue weighted by molar-refractivity contribution is 8.76. The predicted octanol–water partition coefficient (Wildman–Crippen LogP) is -8.56. The molecule has 35 heteroatoms.